The molecule has 0 atom stereocenters. The molecule has 0 aromatic heterocycles. The van der Waals surface area contributed by atoms with E-state index < -0.39 is 13.4 Å². The first-order valence-corrected chi connectivity index (χ1v) is 33.6. The molecule has 6 N–H and O–H groups in total. The molecule has 0 radical (unpaired) electrons. The van der Waals surface area contributed by atoms with Crippen LogP contribution >= 0.6 is 13.4 Å². The Bertz CT molecular complexity index is 697. The van der Waals surface area contributed by atoms with Crippen molar-refractivity contribution in [1.82, 2.24) is 0 Å². The van der Waals surface area contributed by atoms with Gasteiger partial charge in [0.25, 0.3) is 0 Å². The van der Waals surface area contributed by atoms with Crippen molar-refractivity contribution in [2.75, 3.05) is 0 Å². The van der Waals surface area contributed by atoms with Gasteiger partial charge in [-0.05, 0) is 23.6 Å². The van der Waals surface area contributed by atoms with E-state index in [0.29, 0.717) is 0 Å². The average molecular weight is 992 g/mol. The topological polar surface area (TPSA) is 121 Å². The van der Waals surface area contributed by atoms with Crippen molar-refractivity contribution in [2.45, 2.75) is 350 Å². The molecule has 0 aliphatic heterocycles. The van der Waals surface area contributed by atoms with Crippen LogP contribution in [0.2, 0.25) is 0 Å². The summed E-state index contributed by atoms with van der Waals surface area (Å²) in [5, 5.41) is 0. The van der Waals surface area contributed by atoms with Gasteiger partial charge >= 0.3 is 13.4 Å². The molecule has 0 fully saturated rings. The SMILES string of the molecule is CCCCCCCCCCCCCCCCCC.CCCCCCCCCCCCCCCCCC.CCCCCCCCCCCCCCCCCC.OP(O)(O)=S.OP(O)(O)=S. The van der Waals surface area contributed by atoms with Crippen molar-refractivity contribution < 1.29 is 29.4 Å². The molecule has 64 heavy (non-hydrogen) atoms. The molecule has 0 spiro atoms. The first kappa shape index (κ1) is 74.0. The second kappa shape index (κ2) is 68.3. The first-order chi connectivity index (χ1) is 30.7. The van der Waals surface area contributed by atoms with Crippen molar-refractivity contribution in [3.8, 4) is 0 Å². The van der Waals surface area contributed by atoms with Gasteiger partial charge in [-0.1, -0.05) is 350 Å². The van der Waals surface area contributed by atoms with Gasteiger partial charge < -0.3 is 29.4 Å². The van der Waals surface area contributed by atoms with E-state index in [-0.39, 0.29) is 0 Å². The normalized spacial score (nSPS) is 11.1. The lowest BCUT2D eigenvalue weighted by molar-refractivity contribution is 0.361. The number of rotatable bonds is 45. The van der Waals surface area contributed by atoms with Gasteiger partial charge in [0.05, 0.1) is 0 Å². The van der Waals surface area contributed by atoms with E-state index in [1.54, 1.807) is 0 Å². The highest BCUT2D eigenvalue weighted by molar-refractivity contribution is 8.06. The maximum Gasteiger partial charge on any atom is 0.319 e. The van der Waals surface area contributed by atoms with Gasteiger partial charge in [-0.3, -0.25) is 0 Å². The maximum atomic E-state index is 7.56. The summed E-state index contributed by atoms with van der Waals surface area (Å²) >= 11 is 7.21. The molecule has 394 valence electrons. The quantitative estimate of drug-likeness (QED) is 0.0264. The smallest absolute Gasteiger partial charge is 0.319 e. The predicted octanol–water partition coefficient (Wildman–Crippen LogP) is 20.2. The molecular weight excluding hydrogens is 871 g/mol. The van der Waals surface area contributed by atoms with Crippen LogP contribution in [0, 0.1) is 0 Å². The van der Waals surface area contributed by atoms with Crippen molar-refractivity contribution in [1.29, 1.82) is 0 Å². The van der Waals surface area contributed by atoms with Crippen LogP contribution in [0.5, 0.6) is 0 Å². The largest absolute Gasteiger partial charge is 0.325 e. The van der Waals surface area contributed by atoms with Crippen LogP contribution in [-0.4, -0.2) is 29.4 Å². The van der Waals surface area contributed by atoms with E-state index >= 15 is 0 Å². The molecule has 0 aromatic rings. The van der Waals surface area contributed by atoms with Crippen molar-refractivity contribution in [3.63, 3.8) is 0 Å². The Morgan fingerprint density at radius 2 is 0.219 bits per heavy atom. The number of unbranched alkanes of at least 4 members (excludes halogenated alkanes) is 45. The molecule has 0 aromatic carbocycles. The van der Waals surface area contributed by atoms with E-state index in [0.717, 1.165) is 0 Å². The standard InChI is InChI=1S/3C18H38.2H3O3PS/c3*1-3-5-7-9-11-13-15-17-18-16-14-12-10-8-6-4-2;2*1-4(2,3)5/h3*3-18H2,1-2H3;2*(H3,1,2,3,5). The molecule has 0 saturated carbocycles. The molecule has 0 unspecified atom stereocenters. The molecule has 0 heterocycles. The van der Waals surface area contributed by atoms with Crippen LogP contribution in [0.25, 0.3) is 0 Å². The zero-order valence-electron chi connectivity index (χ0n) is 44.3. The molecule has 0 saturated heterocycles. The predicted molar refractivity (Wildman–Crippen MR) is 298 cm³/mol. The van der Waals surface area contributed by atoms with Crippen LogP contribution in [0.4, 0.5) is 0 Å². The summed E-state index contributed by atoms with van der Waals surface area (Å²) in [5.74, 6) is 0. The Hall–Kier alpha value is 1.06. The van der Waals surface area contributed by atoms with Gasteiger partial charge in [0.15, 0.2) is 0 Å². The molecule has 0 rings (SSSR count). The van der Waals surface area contributed by atoms with Crippen LogP contribution in [0.3, 0.4) is 0 Å². The third kappa shape index (κ3) is 114. The minimum atomic E-state index is -3.81. The van der Waals surface area contributed by atoms with Crippen LogP contribution < -0.4 is 0 Å². The summed E-state index contributed by atoms with van der Waals surface area (Å²) in [6.07, 6.45) is 70.2. The van der Waals surface area contributed by atoms with E-state index in [4.69, 9.17) is 29.4 Å². The monoisotopic (exact) mass is 991 g/mol. The summed E-state index contributed by atoms with van der Waals surface area (Å²) in [7, 11) is 0. The lowest BCUT2D eigenvalue weighted by atomic mass is 10.0. The van der Waals surface area contributed by atoms with E-state index in [1.807, 2.05) is 0 Å². The average Bonchev–Trinajstić information content (AvgIpc) is 3.23. The Morgan fingerprint density at radius 3 is 0.266 bits per heavy atom. The maximum absolute atomic E-state index is 7.56. The van der Waals surface area contributed by atoms with Crippen LogP contribution in [0.1, 0.15) is 350 Å². The van der Waals surface area contributed by atoms with E-state index in [9.17, 15) is 0 Å². The Balaban J connectivity index is -0.000000245. The third-order valence-electron chi connectivity index (χ3n) is 11.9. The van der Waals surface area contributed by atoms with Crippen LogP contribution in [-0.2, 0) is 23.6 Å². The minimum Gasteiger partial charge on any atom is -0.325 e. The number of hydrogen-bond donors (Lipinski definition) is 6. The van der Waals surface area contributed by atoms with Crippen LogP contribution in [0.15, 0.2) is 0 Å². The van der Waals surface area contributed by atoms with Gasteiger partial charge in [0.2, 0.25) is 0 Å². The first-order valence-electron chi connectivity index (χ1n) is 28.3. The zero-order valence-corrected chi connectivity index (χ0v) is 47.8. The fraction of sp³-hybridized carbons (Fsp3) is 1.00. The second-order valence-corrected chi connectivity index (χ2v) is 23.9. The van der Waals surface area contributed by atoms with Gasteiger partial charge in [0, 0.05) is 0 Å². The number of hydrogen-bond acceptors (Lipinski definition) is 2. The lowest BCUT2D eigenvalue weighted by Gasteiger charge is -2.03. The summed E-state index contributed by atoms with van der Waals surface area (Å²) in [5.41, 5.74) is 0. The highest BCUT2D eigenvalue weighted by Gasteiger charge is 1.97. The summed E-state index contributed by atoms with van der Waals surface area (Å²) < 4.78 is 0. The fourth-order valence-corrected chi connectivity index (χ4v) is 7.86. The molecule has 0 amide bonds. The molecular formula is C54H120O6P2S2. The Morgan fingerprint density at radius 1 is 0.172 bits per heavy atom. The van der Waals surface area contributed by atoms with Crippen molar-refractivity contribution in [3.05, 3.63) is 0 Å². The van der Waals surface area contributed by atoms with Gasteiger partial charge in [-0.2, -0.15) is 0 Å². The Labute approximate surface area is 414 Å². The second-order valence-electron chi connectivity index (χ2n) is 18.9. The van der Waals surface area contributed by atoms with E-state index in [1.165, 1.54) is 308 Å². The summed E-state index contributed by atoms with van der Waals surface area (Å²) in [6.45, 7) is 6.15. The summed E-state index contributed by atoms with van der Waals surface area (Å²) in [4.78, 5) is 45.3. The third-order valence-corrected chi connectivity index (χ3v) is 11.9. The van der Waals surface area contributed by atoms with Gasteiger partial charge in [-0.25, -0.2) is 0 Å². The highest BCUT2D eigenvalue weighted by Crippen LogP contribution is 2.27. The highest BCUT2D eigenvalue weighted by atomic mass is 32.5. The fourth-order valence-electron chi connectivity index (χ4n) is 7.86. The van der Waals surface area contributed by atoms with Crippen molar-refractivity contribution in [2.24, 2.45) is 0 Å². The van der Waals surface area contributed by atoms with Gasteiger partial charge in [-0.15, -0.1) is 0 Å². The summed E-state index contributed by atoms with van der Waals surface area (Å²) in [6, 6.07) is 0. The molecule has 0 bridgehead atoms. The minimum absolute atomic E-state index is 1.37. The molecule has 10 heteroatoms. The van der Waals surface area contributed by atoms with Crippen molar-refractivity contribution >= 4 is 37.1 Å². The molecule has 6 nitrogen and oxygen atoms in total. The van der Waals surface area contributed by atoms with E-state index in [2.05, 4.69) is 65.2 Å². The molecule has 0 aliphatic carbocycles. The zero-order chi connectivity index (χ0) is 48.9. The Kier molecular flexibility index (Phi) is 79.0. The molecule has 0 aliphatic rings. The lowest BCUT2D eigenvalue weighted by Crippen LogP contribution is -1.83. The van der Waals surface area contributed by atoms with Gasteiger partial charge in [0.1, 0.15) is 0 Å².